The molecule has 3 heteroatoms. The highest BCUT2D eigenvalue weighted by atomic mass is 32.1. The van der Waals surface area contributed by atoms with E-state index in [0.29, 0.717) is 13.1 Å². The van der Waals surface area contributed by atoms with E-state index in [9.17, 15) is 4.79 Å². The number of amides is 1. The minimum absolute atomic E-state index is 0.162. The average molecular weight is 261 g/mol. The lowest BCUT2D eigenvalue weighted by Crippen LogP contribution is -2.36. The van der Waals surface area contributed by atoms with Crippen LogP contribution in [0, 0.1) is 5.92 Å². The number of rotatable bonds is 5. The molecule has 1 amide bonds. The predicted octanol–water partition coefficient (Wildman–Crippen LogP) is 3.62. The van der Waals surface area contributed by atoms with Gasteiger partial charge in [-0.25, -0.2) is 0 Å². The Bertz CT molecular complexity index is 422. The van der Waals surface area contributed by atoms with Gasteiger partial charge in [0.05, 0.1) is 6.54 Å². The van der Waals surface area contributed by atoms with Gasteiger partial charge in [0.1, 0.15) is 0 Å². The number of carbonyl (C=O) groups excluding carboxylic acids is 1. The summed E-state index contributed by atoms with van der Waals surface area (Å²) in [4.78, 5) is 15.6. The zero-order valence-corrected chi connectivity index (χ0v) is 11.4. The maximum atomic E-state index is 12.5. The van der Waals surface area contributed by atoms with Crippen molar-refractivity contribution >= 4 is 17.2 Å². The highest BCUT2D eigenvalue weighted by molar-refractivity contribution is 7.09. The molecule has 18 heavy (non-hydrogen) atoms. The number of thiophene rings is 1. The lowest BCUT2D eigenvalue weighted by Gasteiger charge is -2.26. The Morgan fingerprint density at radius 3 is 3.06 bits per heavy atom. The molecule has 1 atom stereocenters. The second-order valence-electron chi connectivity index (χ2n) is 4.57. The summed E-state index contributed by atoms with van der Waals surface area (Å²) in [5, 5.41) is 2.05. The molecule has 2 nitrogen and oxygen atoms in total. The first-order chi connectivity index (χ1) is 8.81. The summed E-state index contributed by atoms with van der Waals surface area (Å²) >= 11 is 1.70. The Kier molecular flexibility index (Phi) is 4.76. The minimum atomic E-state index is 0.162. The van der Waals surface area contributed by atoms with Crippen LogP contribution in [0.5, 0.6) is 0 Å². The lowest BCUT2D eigenvalue weighted by molar-refractivity contribution is -0.135. The van der Waals surface area contributed by atoms with E-state index in [4.69, 9.17) is 0 Å². The van der Waals surface area contributed by atoms with Gasteiger partial charge in [-0.2, -0.15) is 0 Å². The quantitative estimate of drug-likeness (QED) is 0.741. The number of hydrogen-bond acceptors (Lipinski definition) is 2. The van der Waals surface area contributed by atoms with Gasteiger partial charge in [-0.3, -0.25) is 4.79 Å². The van der Waals surface area contributed by atoms with Crippen molar-refractivity contribution in [1.82, 2.24) is 4.90 Å². The van der Waals surface area contributed by atoms with Gasteiger partial charge in [0.25, 0.3) is 0 Å². The van der Waals surface area contributed by atoms with Crippen LogP contribution in [0.3, 0.4) is 0 Å². The summed E-state index contributed by atoms with van der Waals surface area (Å²) in [6, 6.07) is 4.11. The molecule has 0 radical (unpaired) electrons. The van der Waals surface area contributed by atoms with E-state index in [1.165, 1.54) is 4.88 Å². The van der Waals surface area contributed by atoms with Gasteiger partial charge in [0.15, 0.2) is 0 Å². The molecule has 0 spiro atoms. The second kappa shape index (κ2) is 6.55. The largest absolute Gasteiger partial charge is 0.334 e. The van der Waals surface area contributed by atoms with Gasteiger partial charge in [-0.15, -0.1) is 17.9 Å². The lowest BCUT2D eigenvalue weighted by atomic mass is 9.93. The summed E-state index contributed by atoms with van der Waals surface area (Å²) in [6.45, 7) is 5.10. The van der Waals surface area contributed by atoms with Gasteiger partial charge in [0, 0.05) is 17.3 Å². The van der Waals surface area contributed by atoms with Crippen LogP contribution in [0.25, 0.3) is 0 Å². The summed E-state index contributed by atoms with van der Waals surface area (Å²) < 4.78 is 0. The maximum absolute atomic E-state index is 12.5. The molecular weight excluding hydrogens is 242 g/mol. The monoisotopic (exact) mass is 261 g/mol. The van der Waals surface area contributed by atoms with Crippen molar-refractivity contribution in [2.75, 3.05) is 6.54 Å². The van der Waals surface area contributed by atoms with E-state index >= 15 is 0 Å². The van der Waals surface area contributed by atoms with Gasteiger partial charge in [-0.1, -0.05) is 24.3 Å². The van der Waals surface area contributed by atoms with E-state index in [1.807, 2.05) is 17.0 Å². The molecule has 0 N–H and O–H groups in total. The molecule has 1 aromatic heterocycles. The van der Waals surface area contributed by atoms with E-state index in [0.717, 1.165) is 19.3 Å². The molecule has 0 saturated carbocycles. The van der Waals surface area contributed by atoms with E-state index in [2.05, 4.69) is 30.2 Å². The Hall–Kier alpha value is -1.35. The Balaban J connectivity index is 2.01. The third-order valence-corrected chi connectivity index (χ3v) is 4.07. The van der Waals surface area contributed by atoms with Gasteiger partial charge in [0.2, 0.25) is 5.91 Å². The van der Waals surface area contributed by atoms with Crippen LogP contribution in [-0.4, -0.2) is 17.4 Å². The fourth-order valence-corrected chi connectivity index (χ4v) is 2.97. The van der Waals surface area contributed by atoms with E-state index < -0.39 is 0 Å². The fourth-order valence-electron chi connectivity index (χ4n) is 2.26. The van der Waals surface area contributed by atoms with Crippen molar-refractivity contribution in [3.63, 3.8) is 0 Å². The van der Waals surface area contributed by atoms with Crippen molar-refractivity contribution in [3.8, 4) is 0 Å². The molecule has 0 saturated heterocycles. The molecule has 1 aliphatic carbocycles. The van der Waals surface area contributed by atoms with Crippen LogP contribution in [0.1, 0.15) is 24.1 Å². The molecule has 0 aliphatic heterocycles. The predicted molar refractivity (Wildman–Crippen MR) is 76.4 cm³/mol. The number of allylic oxidation sites excluding steroid dienone is 2. The van der Waals surface area contributed by atoms with Crippen LogP contribution in [0.15, 0.2) is 42.3 Å². The standard InChI is InChI=1S/C15H19NOS/c1-2-10-16(12-14-9-6-11-18-14)15(17)13-7-4-3-5-8-13/h2-4,6,9,11,13H,1,5,7-8,10,12H2. The third kappa shape index (κ3) is 3.33. The van der Waals surface area contributed by atoms with Crippen LogP contribution in [0.2, 0.25) is 0 Å². The number of hydrogen-bond donors (Lipinski definition) is 0. The Morgan fingerprint density at radius 1 is 1.56 bits per heavy atom. The molecule has 0 bridgehead atoms. The Morgan fingerprint density at radius 2 is 2.44 bits per heavy atom. The summed E-state index contributed by atoms with van der Waals surface area (Å²) in [5.41, 5.74) is 0. The molecule has 0 aromatic carbocycles. The van der Waals surface area contributed by atoms with Gasteiger partial charge >= 0.3 is 0 Å². The van der Waals surface area contributed by atoms with Gasteiger partial charge in [-0.05, 0) is 30.7 Å². The summed E-state index contributed by atoms with van der Waals surface area (Å²) in [6.07, 6.45) is 9.00. The zero-order valence-electron chi connectivity index (χ0n) is 10.5. The molecular formula is C15H19NOS. The molecule has 96 valence electrons. The smallest absolute Gasteiger partial charge is 0.226 e. The SMILES string of the molecule is C=CCN(Cc1cccs1)C(=O)C1CC=CCC1. The molecule has 2 rings (SSSR count). The van der Waals surface area contributed by atoms with Gasteiger partial charge < -0.3 is 4.90 Å². The molecule has 1 aliphatic rings. The zero-order chi connectivity index (χ0) is 12.8. The van der Waals surface area contributed by atoms with Crippen molar-refractivity contribution in [3.05, 3.63) is 47.2 Å². The van der Waals surface area contributed by atoms with Crippen LogP contribution in [0.4, 0.5) is 0 Å². The van der Waals surface area contributed by atoms with Crippen LogP contribution >= 0.6 is 11.3 Å². The van der Waals surface area contributed by atoms with Crippen molar-refractivity contribution in [1.29, 1.82) is 0 Å². The van der Waals surface area contributed by atoms with Crippen molar-refractivity contribution < 1.29 is 4.79 Å². The van der Waals surface area contributed by atoms with Crippen molar-refractivity contribution in [2.45, 2.75) is 25.8 Å². The number of nitrogens with zero attached hydrogens (tertiary/aromatic N) is 1. The first-order valence-corrected chi connectivity index (χ1v) is 7.26. The van der Waals surface area contributed by atoms with E-state index in [-0.39, 0.29) is 11.8 Å². The first kappa shape index (κ1) is 13.1. The molecule has 1 aromatic rings. The molecule has 0 fully saturated rings. The third-order valence-electron chi connectivity index (χ3n) is 3.21. The van der Waals surface area contributed by atoms with Crippen molar-refractivity contribution in [2.24, 2.45) is 5.92 Å². The topological polar surface area (TPSA) is 20.3 Å². The van der Waals surface area contributed by atoms with E-state index in [1.54, 1.807) is 11.3 Å². The summed E-state index contributed by atoms with van der Waals surface area (Å²) in [5.74, 6) is 0.433. The van der Waals surface area contributed by atoms with Crippen LogP contribution < -0.4 is 0 Å². The number of carbonyl (C=O) groups is 1. The molecule has 1 heterocycles. The summed E-state index contributed by atoms with van der Waals surface area (Å²) in [7, 11) is 0. The highest BCUT2D eigenvalue weighted by Gasteiger charge is 2.23. The first-order valence-electron chi connectivity index (χ1n) is 6.38. The maximum Gasteiger partial charge on any atom is 0.226 e. The second-order valence-corrected chi connectivity index (χ2v) is 5.60. The normalized spacial score (nSPS) is 18.6. The highest BCUT2D eigenvalue weighted by Crippen LogP contribution is 2.22. The molecule has 1 unspecified atom stereocenters. The Labute approximate surface area is 113 Å². The fraction of sp³-hybridized carbons (Fsp3) is 0.400. The average Bonchev–Trinajstić information content (AvgIpc) is 2.91. The van der Waals surface area contributed by atoms with Crippen LogP contribution in [-0.2, 0) is 11.3 Å². The minimum Gasteiger partial charge on any atom is -0.334 e.